The molecule has 7 nitrogen and oxygen atoms in total. The Bertz CT molecular complexity index is 1230. The highest BCUT2D eigenvalue weighted by atomic mass is 127. The van der Waals surface area contributed by atoms with Gasteiger partial charge in [-0.25, -0.2) is 0 Å². The third kappa shape index (κ3) is 2.95. The minimum absolute atomic E-state index is 0.107. The van der Waals surface area contributed by atoms with Crippen LogP contribution in [0.25, 0.3) is 32.7 Å². The number of ether oxygens (including phenoxy) is 2. The van der Waals surface area contributed by atoms with Gasteiger partial charge in [0.05, 0.1) is 14.2 Å². The lowest BCUT2D eigenvalue weighted by Crippen LogP contribution is -1.97. The number of hydrogen-bond donors (Lipinski definition) is 5. The molecule has 0 amide bonds. The Hall–Kier alpha value is -3.27. The van der Waals surface area contributed by atoms with Gasteiger partial charge in [-0.3, -0.25) is 0 Å². The maximum atomic E-state index is 10.7. The molecule has 0 saturated heterocycles. The van der Waals surface area contributed by atoms with Crippen molar-refractivity contribution >= 4 is 44.1 Å². The van der Waals surface area contributed by atoms with E-state index in [1.807, 2.05) is 0 Å². The summed E-state index contributed by atoms with van der Waals surface area (Å²) in [5, 5.41) is 53.1. The Labute approximate surface area is 184 Å². The van der Waals surface area contributed by atoms with Gasteiger partial charge in [0.25, 0.3) is 0 Å². The average molecular weight is 520 g/mol. The topological polar surface area (TPSA) is 120 Å². The first-order valence-electron chi connectivity index (χ1n) is 8.75. The largest absolute Gasteiger partial charge is 0.508 e. The second kappa shape index (κ2) is 7.21. The van der Waals surface area contributed by atoms with Gasteiger partial charge >= 0.3 is 0 Å². The summed E-state index contributed by atoms with van der Waals surface area (Å²) in [6.45, 7) is 0. The third-order valence-electron chi connectivity index (χ3n) is 4.95. The number of methoxy groups -OCH3 is 2. The molecule has 0 saturated carbocycles. The molecule has 0 aliphatic carbocycles. The summed E-state index contributed by atoms with van der Waals surface area (Å²) in [6.07, 6.45) is 0. The lowest BCUT2D eigenvalue weighted by molar-refractivity contribution is 0.406. The molecule has 30 heavy (non-hydrogen) atoms. The van der Waals surface area contributed by atoms with Crippen molar-refractivity contribution in [1.82, 2.24) is 0 Å². The van der Waals surface area contributed by atoms with Crippen LogP contribution >= 0.6 is 22.6 Å². The van der Waals surface area contributed by atoms with Crippen molar-refractivity contribution < 1.29 is 35.0 Å². The van der Waals surface area contributed by atoms with E-state index in [1.165, 1.54) is 38.5 Å². The Morgan fingerprint density at radius 1 is 0.600 bits per heavy atom. The van der Waals surface area contributed by atoms with E-state index in [-0.39, 0.29) is 45.3 Å². The summed E-state index contributed by atoms with van der Waals surface area (Å²) in [5.41, 5.74) is 0.746. The number of fused-ring (bicyclic) bond motifs is 2. The molecule has 0 spiro atoms. The fourth-order valence-electron chi connectivity index (χ4n) is 3.74. The smallest absolute Gasteiger partial charge is 0.131 e. The minimum Gasteiger partial charge on any atom is -0.508 e. The first-order valence-corrected chi connectivity index (χ1v) is 9.82. The Balaban J connectivity index is 2.32. The van der Waals surface area contributed by atoms with Gasteiger partial charge < -0.3 is 35.0 Å². The van der Waals surface area contributed by atoms with Crippen LogP contribution in [0.3, 0.4) is 0 Å². The Kier molecular flexibility index (Phi) is 4.81. The van der Waals surface area contributed by atoms with Crippen LogP contribution in [0, 0.1) is 3.57 Å². The summed E-state index contributed by atoms with van der Waals surface area (Å²) in [6, 6.07) is 8.28. The van der Waals surface area contributed by atoms with Crippen molar-refractivity contribution in [2.75, 3.05) is 14.2 Å². The quantitative estimate of drug-likeness (QED) is 0.246. The maximum absolute atomic E-state index is 10.7. The summed E-state index contributed by atoms with van der Waals surface area (Å²) in [5.74, 6) is -0.421. The summed E-state index contributed by atoms with van der Waals surface area (Å²) in [4.78, 5) is 0. The number of phenols is 5. The van der Waals surface area contributed by atoms with Gasteiger partial charge in [0.15, 0.2) is 0 Å². The number of halogens is 1. The van der Waals surface area contributed by atoms with Crippen LogP contribution in [0.15, 0.2) is 36.4 Å². The van der Waals surface area contributed by atoms with Gasteiger partial charge in [-0.15, -0.1) is 0 Å². The summed E-state index contributed by atoms with van der Waals surface area (Å²) in [7, 11) is 2.88. The normalized spacial score (nSPS) is 11.2. The van der Waals surface area contributed by atoms with E-state index < -0.39 is 0 Å². The molecule has 0 heterocycles. The van der Waals surface area contributed by atoms with Crippen molar-refractivity contribution in [3.8, 4) is 51.4 Å². The van der Waals surface area contributed by atoms with Gasteiger partial charge in [0, 0.05) is 54.4 Å². The number of benzene rings is 4. The number of aromatic hydroxyl groups is 5. The first kappa shape index (κ1) is 20.0. The molecule has 5 N–H and O–H groups in total. The number of phenolic OH excluding ortho intramolecular Hbond substituents is 5. The second-order valence-electron chi connectivity index (χ2n) is 6.68. The van der Waals surface area contributed by atoms with Crippen molar-refractivity contribution in [3.63, 3.8) is 0 Å². The minimum atomic E-state index is -0.291. The van der Waals surface area contributed by atoms with Crippen LogP contribution in [-0.2, 0) is 0 Å². The molecule has 0 radical (unpaired) electrons. The SMILES string of the molecule is COc1cc(O)c2cc(O)cc(O)c2c1-c1c(OC)cc(I)c2cc(O)cc(O)c12. The van der Waals surface area contributed by atoms with Crippen LogP contribution < -0.4 is 9.47 Å². The van der Waals surface area contributed by atoms with E-state index >= 15 is 0 Å². The van der Waals surface area contributed by atoms with Gasteiger partial charge in [-0.1, -0.05) is 0 Å². The highest BCUT2D eigenvalue weighted by molar-refractivity contribution is 14.1. The molecular formula is C22H17IO7. The molecule has 0 aliphatic heterocycles. The molecular weight excluding hydrogens is 503 g/mol. The summed E-state index contributed by atoms with van der Waals surface area (Å²) < 4.78 is 11.8. The molecule has 4 rings (SSSR count). The van der Waals surface area contributed by atoms with Crippen LogP contribution in [-0.4, -0.2) is 39.8 Å². The predicted molar refractivity (Wildman–Crippen MR) is 121 cm³/mol. The number of rotatable bonds is 3. The third-order valence-corrected chi connectivity index (χ3v) is 5.84. The Morgan fingerprint density at radius 2 is 1.07 bits per heavy atom. The van der Waals surface area contributed by atoms with E-state index in [1.54, 1.807) is 6.07 Å². The van der Waals surface area contributed by atoms with Crippen molar-refractivity contribution in [2.24, 2.45) is 0 Å². The van der Waals surface area contributed by atoms with Crippen molar-refractivity contribution in [2.45, 2.75) is 0 Å². The summed E-state index contributed by atoms with van der Waals surface area (Å²) >= 11 is 2.07. The molecule has 4 aromatic carbocycles. The van der Waals surface area contributed by atoms with Gasteiger partial charge in [-0.05, 0) is 40.8 Å². The fourth-order valence-corrected chi connectivity index (χ4v) is 4.45. The van der Waals surface area contributed by atoms with E-state index in [4.69, 9.17) is 9.47 Å². The van der Waals surface area contributed by atoms with Gasteiger partial charge in [-0.2, -0.15) is 0 Å². The van der Waals surface area contributed by atoms with E-state index in [2.05, 4.69) is 22.6 Å². The van der Waals surface area contributed by atoms with Crippen LogP contribution in [0.4, 0.5) is 0 Å². The van der Waals surface area contributed by atoms with Crippen LogP contribution in [0.5, 0.6) is 40.2 Å². The van der Waals surface area contributed by atoms with Crippen LogP contribution in [0.2, 0.25) is 0 Å². The molecule has 0 bridgehead atoms. The first-order chi connectivity index (χ1) is 14.3. The molecule has 0 fully saturated rings. The lowest BCUT2D eigenvalue weighted by Gasteiger charge is -2.20. The Morgan fingerprint density at radius 3 is 1.60 bits per heavy atom. The van der Waals surface area contributed by atoms with Crippen LogP contribution in [0.1, 0.15) is 0 Å². The zero-order valence-corrected chi connectivity index (χ0v) is 18.1. The fraction of sp³-hybridized carbons (Fsp3) is 0.0909. The van der Waals surface area contributed by atoms with Gasteiger partial charge in [0.1, 0.15) is 40.2 Å². The standard InChI is InChI=1S/C22H17IO7/c1-29-17-7-13(23)11-3-9(24)5-15(27)19(11)21(17)22-18(30-2)8-14(26)12-4-10(25)6-16(28)20(12)22/h3-8,24-28H,1-2H3. The molecule has 0 unspecified atom stereocenters. The lowest BCUT2D eigenvalue weighted by atomic mass is 9.90. The van der Waals surface area contributed by atoms with Crippen molar-refractivity contribution in [3.05, 3.63) is 40.0 Å². The monoisotopic (exact) mass is 520 g/mol. The molecule has 0 aromatic heterocycles. The zero-order valence-electron chi connectivity index (χ0n) is 15.9. The molecule has 154 valence electrons. The van der Waals surface area contributed by atoms with Gasteiger partial charge in [0.2, 0.25) is 0 Å². The van der Waals surface area contributed by atoms with Crippen molar-refractivity contribution in [1.29, 1.82) is 0 Å². The second-order valence-corrected chi connectivity index (χ2v) is 7.85. The molecule has 0 atom stereocenters. The predicted octanol–water partition coefficient (Wildman–Crippen LogP) is 4.81. The van der Waals surface area contributed by atoms with E-state index in [9.17, 15) is 25.5 Å². The maximum Gasteiger partial charge on any atom is 0.131 e. The molecule has 0 aliphatic rings. The van der Waals surface area contributed by atoms with E-state index in [0.717, 1.165) is 9.64 Å². The highest BCUT2D eigenvalue weighted by Crippen LogP contribution is 2.53. The number of hydrogen-bond acceptors (Lipinski definition) is 7. The molecule has 4 aromatic rings. The zero-order chi connectivity index (χ0) is 21.7. The molecule has 8 heteroatoms. The average Bonchev–Trinajstić information content (AvgIpc) is 2.68. The van der Waals surface area contributed by atoms with E-state index in [0.29, 0.717) is 27.6 Å². The highest BCUT2D eigenvalue weighted by Gasteiger charge is 2.25.